The van der Waals surface area contributed by atoms with Crippen LogP contribution in [0.4, 0.5) is 17.2 Å². The highest BCUT2D eigenvalue weighted by molar-refractivity contribution is 5.70. The van der Waals surface area contributed by atoms with Crippen molar-refractivity contribution in [3.63, 3.8) is 0 Å². The summed E-state index contributed by atoms with van der Waals surface area (Å²) in [6.07, 6.45) is 1.73. The van der Waals surface area contributed by atoms with Crippen molar-refractivity contribution in [2.24, 2.45) is 0 Å². The molecule has 2 aromatic rings. The third-order valence-electron chi connectivity index (χ3n) is 2.59. The number of benzene rings is 1. The maximum Gasteiger partial charge on any atom is 0.155 e. The van der Waals surface area contributed by atoms with E-state index in [4.69, 9.17) is 10.5 Å². The summed E-state index contributed by atoms with van der Waals surface area (Å²) in [7, 11) is 3.58. The molecule has 0 fully saturated rings. The molecule has 17 heavy (non-hydrogen) atoms. The quantitative estimate of drug-likeness (QED) is 0.878. The molecular formula is C13H15N3O. The Morgan fingerprint density at radius 1 is 1.18 bits per heavy atom. The zero-order valence-corrected chi connectivity index (χ0v) is 9.92. The molecule has 0 saturated heterocycles. The van der Waals surface area contributed by atoms with Crippen molar-refractivity contribution in [2.75, 3.05) is 24.8 Å². The van der Waals surface area contributed by atoms with Gasteiger partial charge in [-0.1, -0.05) is 0 Å². The Labute approximate surface area is 101 Å². The second kappa shape index (κ2) is 4.74. The Balaban J connectivity index is 2.30. The molecule has 0 spiro atoms. The van der Waals surface area contributed by atoms with Gasteiger partial charge in [-0.3, -0.25) is 0 Å². The smallest absolute Gasteiger partial charge is 0.155 e. The van der Waals surface area contributed by atoms with Gasteiger partial charge < -0.3 is 15.4 Å². The van der Waals surface area contributed by atoms with E-state index in [9.17, 15) is 0 Å². The lowest BCUT2D eigenvalue weighted by Gasteiger charge is -2.19. The van der Waals surface area contributed by atoms with Crippen molar-refractivity contribution in [3.05, 3.63) is 42.6 Å². The van der Waals surface area contributed by atoms with Crippen molar-refractivity contribution in [2.45, 2.75) is 0 Å². The molecule has 0 radical (unpaired) electrons. The van der Waals surface area contributed by atoms with Crippen LogP contribution in [0.5, 0.6) is 5.75 Å². The van der Waals surface area contributed by atoms with Crippen LogP contribution in [0.25, 0.3) is 0 Å². The number of anilines is 3. The minimum atomic E-state index is 0.658. The van der Waals surface area contributed by atoms with E-state index in [2.05, 4.69) is 4.98 Å². The van der Waals surface area contributed by atoms with Crippen LogP contribution in [0.1, 0.15) is 0 Å². The van der Waals surface area contributed by atoms with Crippen molar-refractivity contribution in [1.82, 2.24) is 4.98 Å². The largest absolute Gasteiger partial charge is 0.497 e. The standard InChI is InChI=1S/C13H15N3O/c1-16(13-12(14)4-3-9-15-13)10-5-7-11(17-2)8-6-10/h3-9H,14H2,1-2H3. The van der Waals surface area contributed by atoms with Gasteiger partial charge in [-0.25, -0.2) is 4.98 Å². The van der Waals surface area contributed by atoms with Crippen molar-refractivity contribution in [1.29, 1.82) is 0 Å². The monoisotopic (exact) mass is 229 g/mol. The molecule has 0 aliphatic heterocycles. The van der Waals surface area contributed by atoms with E-state index in [0.717, 1.165) is 17.3 Å². The molecule has 0 aliphatic carbocycles. The number of aromatic nitrogens is 1. The molecule has 1 heterocycles. The molecule has 1 aromatic heterocycles. The van der Waals surface area contributed by atoms with Crippen LogP contribution >= 0.6 is 0 Å². The van der Waals surface area contributed by atoms with E-state index < -0.39 is 0 Å². The predicted octanol–water partition coefficient (Wildman–Crippen LogP) is 2.44. The number of pyridine rings is 1. The highest BCUT2D eigenvalue weighted by atomic mass is 16.5. The normalized spacial score (nSPS) is 10.0. The van der Waals surface area contributed by atoms with Gasteiger partial charge in [0.25, 0.3) is 0 Å². The number of ether oxygens (including phenoxy) is 1. The molecule has 0 atom stereocenters. The van der Waals surface area contributed by atoms with Crippen LogP contribution in [-0.2, 0) is 0 Å². The minimum Gasteiger partial charge on any atom is -0.497 e. The number of hydrogen-bond acceptors (Lipinski definition) is 4. The Morgan fingerprint density at radius 2 is 1.88 bits per heavy atom. The Morgan fingerprint density at radius 3 is 2.47 bits per heavy atom. The van der Waals surface area contributed by atoms with Crippen LogP contribution in [0, 0.1) is 0 Å². The van der Waals surface area contributed by atoms with Gasteiger partial charge in [0.15, 0.2) is 5.82 Å². The zero-order valence-electron chi connectivity index (χ0n) is 9.92. The number of rotatable bonds is 3. The molecule has 2 rings (SSSR count). The van der Waals surface area contributed by atoms with E-state index in [1.54, 1.807) is 13.3 Å². The maximum atomic E-state index is 5.89. The molecule has 4 heteroatoms. The lowest BCUT2D eigenvalue weighted by Crippen LogP contribution is -2.13. The van der Waals surface area contributed by atoms with E-state index in [-0.39, 0.29) is 0 Å². The van der Waals surface area contributed by atoms with Gasteiger partial charge in [0, 0.05) is 18.9 Å². The highest BCUT2D eigenvalue weighted by Crippen LogP contribution is 2.27. The second-order valence-electron chi connectivity index (χ2n) is 3.67. The summed E-state index contributed by atoms with van der Waals surface area (Å²) in [5.74, 6) is 1.58. The maximum absolute atomic E-state index is 5.89. The summed E-state index contributed by atoms with van der Waals surface area (Å²) in [6, 6.07) is 11.4. The van der Waals surface area contributed by atoms with Gasteiger partial charge in [0.2, 0.25) is 0 Å². The second-order valence-corrected chi connectivity index (χ2v) is 3.67. The summed E-state index contributed by atoms with van der Waals surface area (Å²) < 4.78 is 5.12. The number of nitrogens with two attached hydrogens (primary N) is 1. The van der Waals surface area contributed by atoms with Gasteiger partial charge >= 0.3 is 0 Å². The van der Waals surface area contributed by atoms with Crippen LogP contribution in [0.15, 0.2) is 42.6 Å². The number of methoxy groups -OCH3 is 1. The minimum absolute atomic E-state index is 0.658. The van der Waals surface area contributed by atoms with Crippen LogP contribution < -0.4 is 15.4 Å². The first-order chi connectivity index (χ1) is 8.22. The fraction of sp³-hybridized carbons (Fsp3) is 0.154. The van der Waals surface area contributed by atoms with Gasteiger partial charge in [-0.15, -0.1) is 0 Å². The molecule has 0 unspecified atom stereocenters. The highest BCUT2D eigenvalue weighted by Gasteiger charge is 2.08. The fourth-order valence-corrected chi connectivity index (χ4v) is 1.62. The number of nitrogen functional groups attached to an aromatic ring is 1. The Hall–Kier alpha value is -2.23. The first-order valence-electron chi connectivity index (χ1n) is 5.30. The summed E-state index contributed by atoms with van der Waals surface area (Å²) in [5.41, 5.74) is 7.55. The zero-order chi connectivity index (χ0) is 12.3. The average molecular weight is 229 g/mol. The SMILES string of the molecule is COc1ccc(N(C)c2ncccc2N)cc1. The topological polar surface area (TPSA) is 51.4 Å². The third kappa shape index (κ3) is 2.30. The van der Waals surface area contributed by atoms with Crippen molar-refractivity contribution < 1.29 is 4.74 Å². The van der Waals surface area contributed by atoms with E-state index >= 15 is 0 Å². The molecule has 88 valence electrons. The van der Waals surface area contributed by atoms with Gasteiger partial charge in [-0.2, -0.15) is 0 Å². The fourth-order valence-electron chi connectivity index (χ4n) is 1.62. The number of nitrogens with zero attached hydrogens (tertiary/aromatic N) is 2. The molecule has 2 N–H and O–H groups in total. The Bertz CT molecular complexity index is 496. The lowest BCUT2D eigenvalue weighted by molar-refractivity contribution is 0.415. The lowest BCUT2D eigenvalue weighted by atomic mass is 10.2. The van der Waals surface area contributed by atoms with Crippen molar-refractivity contribution in [3.8, 4) is 5.75 Å². The first kappa shape index (κ1) is 11.3. The van der Waals surface area contributed by atoms with Crippen LogP contribution in [0.2, 0.25) is 0 Å². The van der Waals surface area contributed by atoms with E-state index in [1.807, 2.05) is 48.3 Å². The molecule has 4 nitrogen and oxygen atoms in total. The Kier molecular flexibility index (Phi) is 3.14. The molecule has 0 aliphatic rings. The molecule has 1 aromatic carbocycles. The molecule has 0 amide bonds. The van der Waals surface area contributed by atoms with Gasteiger partial charge in [-0.05, 0) is 36.4 Å². The van der Waals surface area contributed by atoms with Gasteiger partial charge in [0.05, 0.1) is 12.8 Å². The number of hydrogen-bond donors (Lipinski definition) is 1. The predicted molar refractivity (Wildman–Crippen MR) is 69.7 cm³/mol. The summed E-state index contributed by atoms with van der Waals surface area (Å²) in [6.45, 7) is 0. The summed E-state index contributed by atoms with van der Waals surface area (Å²) in [5, 5.41) is 0. The summed E-state index contributed by atoms with van der Waals surface area (Å²) in [4.78, 5) is 6.21. The third-order valence-corrected chi connectivity index (χ3v) is 2.59. The first-order valence-corrected chi connectivity index (χ1v) is 5.30. The van der Waals surface area contributed by atoms with E-state index in [1.165, 1.54) is 0 Å². The molecular weight excluding hydrogens is 214 g/mol. The van der Waals surface area contributed by atoms with Crippen molar-refractivity contribution >= 4 is 17.2 Å². The van der Waals surface area contributed by atoms with E-state index in [0.29, 0.717) is 5.69 Å². The van der Waals surface area contributed by atoms with Crippen LogP contribution in [-0.4, -0.2) is 19.1 Å². The average Bonchev–Trinajstić information content (AvgIpc) is 2.39. The molecule has 0 saturated carbocycles. The summed E-state index contributed by atoms with van der Waals surface area (Å²) >= 11 is 0. The van der Waals surface area contributed by atoms with Crippen LogP contribution in [0.3, 0.4) is 0 Å². The molecule has 0 bridgehead atoms. The van der Waals surface area contributed by atoms with Gasteiger partial charge in [0.1, 0.15) is 5.75 Å².